The molecule has 4 bridgehead atoms. The van der Waals surface area contributed by atoms with E-state index >= 15 is 0 Å². The fourth-order valence-corrected chi connectivity index (χ4v) is 9.76. The molecule has 0 aromatic heterocycles. The monoisotopic (exact) mass is 435 g/mol. The molecule has 1 aromatic carbocycles. The molecule has 4 fully saturated rings. The smallest absolute Gasteiger partial charge is 0.165 e. The molecule has 6 aliphatic carbocycles. The minimum absolute atomic E-state index is 0.0809. The highest BCUT2D eigenvalue weighted by Gasteiger charge is 2.83. The van der Waals surface area contributed by atoms with Crippen molar-refractivity contribution in [3.63, 3.8) is 0 Å². The number of phenolic OH excluding ortho intramolecular Hbond substituents is 1. The summed E-state index contributed by atoms with van der Waals surface area (Å²) in [6.07, 6.45) is 12.8. The molecule has 5 heteroatoms. The zero-order valence-electron chi connectivity index (χ0n) is 18.8. The van der Waals surface area contributed by atoms with E-state index in [-0.39, 0.29) is 34.2 Å². The van der Waals surface area contributed by atoms with Gasteiger partial charge in [-0.1, -0.05) is 24.6 Å². The second-order valence-corrected chi connectivity index (χ2v) is 11.9. The average Bonchev–Trinajstić information content (AvgIpc) is 3.43. The van der Waals surface area contributed by atoms with Crippen molar-refractivity contribution < 1.29 is 19.7 Å². The van der Waals surface area contributed by atoms with E-state index in [1.54, 1.807) is 0 Å². The van der Waals surface area contributed by atoms with Gasteiger partial charge in [0.05, 0.1) is 11.5 Å². The Kier molecular flexibility index (Phi) is 3.27. The highest BCUT2D eigenvalue weighted by atomic mass is 16.6. The highest BCUT2D eigenvalue weighted by Crippen LogP contribution is 2.78. The minimum Gasteiger partial charge on any atom is -0.504 e. The molecule has 8 aliphatic rings. The molecule has 0 unspecified atom stereocenters. The molecule has 3 saturated carbocycles. The lowest BCUT2D eigenvalue weighted by Crippen LogP contribution is -2.82. The largest absolute Gasteiger partial charge is 0.504 e. The Balaban J connectivity index is 1.43. The maximum absolute atomic E-state index is 11.5. The maximum atomic E-state index is 11.5. The van der Waals surface area contributed by atoms with Gasteiger partial charge in [-0.25, -0.2) is 0 Å². The number of methoxy groups -OCH3 is 1. The van der Waals surface area contributed by atoms with Crippen LogP contribution in [0.3, 0.4) is 0 Å². The minimum atomic E-state index is -0.659. The first-order chi connectivity index (χ1) is 15.5. The Bertz CT molecular complexity index is 1070. The maximum Gasteiger partial charge on any atom is 0.165 e. The lowest BCUT2D eigenvalue weighted by Gasteiger charge is -2.74. The van der Waals surface area contributed by atoms with Crippen LogP contribution in [0.1, 0.15) is 56.1 Å². The van der Waals surface area contributed by atoms with E-state index < -0.39 is 5.60 Å². The first-order valence-electron chi connectivity index (χ1n) is 12.7. The predicted molar refractivity (Wildman–Crippen MR) is 119 cm³/mol. The van der Waals surface area contributed by atoms with E-state index in [1.807, 2.05) is 13.2 Å². The van der Waals surface area contributed by atoms with E-state index in [4.69, 9.17) is 9.47 Å². The van der Waals surface area contributed by atoms with Gasteiger partial charge in [0.25, 0.3) is 0 Å². The Morgan fingerprint density at radius 3 is 2.81 bits per heavy atom. The lowest BCUT2D eigenvalue weighted by atomic mass is 9.33. The third kappa shape index (κ3) is 1.72. The van der Waals surface area contributed by atoms with Crippen molar-refractivity contribution in [1.82, 2.24) is 4.90 Å². The predicted octanol–water partition coefficient (Wildman–Crippen LogP) is 3.31. The molecule has 0 radical (unpaired) electrons. The number of ether oxygens (including phenoxy) is 2. The molecule has 0 amide bonds. The van der Waals surface area contributed by atoms with Crippen LogP contribution in [-0.2, 0) is 16.6 Å². The van der Waals surface area contributed by atoms with Gasteiger partial charge in [-0.2, -0.15) is 0 Å². The number of aromatic hydroxyl groups is 1. The van der Waals surface area contributed by atoms with Crippen molar-refractivity contribution >= 4 is 0 Å². The second-order valence-electron chi connectivity index (χ2n) is 11.9. The second kappa shape index (κ2) is 5.56. The molecular formula is C27H33NO4. The molecule has 2 aliphatic heterocycles. The first-order valence-corrected chi connectivity index (χ1v) is 12.7. The number of hydrogen-bond acceptors (Lipinski definition) is 5. The van der Waals surface area contributed by atoms with Crippen LogP contribution in [0.5, 0.6) is 11.5 Å². The summed E-state index contributed by atoms with van der Waals surface area (Å²) in [4.78, 5) is 2.79. The van der Waals surface area contributed by atoms with E-state index in [2.05, 4.69) is 23.1 Å². The van der Waals surface area contributed by atoms with Crippen molar-refractivity contribution in [2.75, 3.05) is 20.2 Å². The van der Waals surface area contributed by atoms with Gasteiger partial charge in [0.15, 0.2) is 11.5 Å². The molecule has 2 heterocycles. The SMILES string of the molecule is CO[C@]12C=C[C@@]3(C[C@@]14CCC[C@@H]4O)[C@H]1Cc4ccc(O)c5c4[C@@]3(CCN1CC1CC1)[C@@H]2O5. The topological polar surface area (TPSA) is 62.2 Å². The summed E-state index contributed by atoms with van der Waals surface area (Å²) in [7, 11) is 1.81. The van der Waals surface area contributed by atoms with Crippen LogP contribution in [0.4, 0.5) is 0 Å². The van der Waals surface area contributed by atoms with Crippen LogP contribution in [0.15, 0.2) is 24.3 Å². The van der Waals surface area contributed by atoms with E-state index in [9.17, 15) is 10.2 Å². The first kappa shape index (κ1) is 18.8. The summed E-state index contributed by atoms with van der Waals surface area (Å²) in [6, 6.07) is 4.39. The molecule has 170 valence electrons. The Labute approximate surface area is 189 Å². The number of hydrogen-bond donors (Lipinski definition) is 2. The summed E-state index contributed by atoms with van der Waals surface area (Å²) < 4.78 is 13.3. The van der Waals surface area contributed by atoms with E-state index in [1.165, 1.54) is 30.5 Å². The summed E-state index contributed by atoms with van der Waals surface area (Å²) in [6.45, 7) is 2.29. The fraction of sp³-hybridized carbons (Fsp3) is 0.704. The molecule has 1 saturated heterocycles. The third-order valence-electron chi connectivity index (χ3n) is 11.1. The zero-order chi connectivity index (χ0) is 21.5. The van der Waals surface area contributed by atoms with Crippen LogP contribution in [0.25, 0.3) is 0 Å². The number of rotatable bonds is 3. The van der Waals surface area contributed by atoms with Gasteiger partial charge < -0.3 is 19.7 Å². The molecule has 1 aromatic rings. The quantitative estimate of drug-likeness (QED) is 0.714. The van der Waals surface area contributed by atoms with Gasteiger partial charge >= 0.3 is 0 Å². The standard InChI is InChI=1S/C27H33NO4/c1-31-27-10-9-24(15-25(27)8-2-3-20(25)30)19-13-17-6-7-18(29)22-21(17)26(24,23(27)32-22)11-12-28(19)14-16-4-5-16/h6-7,9-10,16,19-20,23,29-30H,2-5,8,11-15H2,1H3/t19-,20+,23+,24-,25-,26+,27+/m1/s1. The number of nitrogens with zero attached hydrogens (tertiary/aromatic N) is 1. The molecule has 5 nitrogen and oxygen atoms in total. The van der Waals surface area contributed by atoms with Crippen molar-refractivity contribution in [2.24, 2.45) is 16.7 Å². The fourth-order valence-electron chi connectivity index (χ4n) is 9.76. The van der Waals surface area contributed by atoms with Crippen LogP contribution in [0.2, 0.25) is 0 Å². The number of phenols is 1. The van der Waals surface area contributed by atoms with Crippen molar-refractivity contribution in [1.29, 1.82) is 0 Å². The van der Waals surface area contributed by atoms with E-state index in [0.29, 0.717) is 11.8 Å². The molecule has 3 spiro atoms. The highest BCUT2D eigenvalue weighted by molar-refractivity contribution is 5.65. The van der Waals surface area contributed by atoms with Gasteiger partial charge in [0, 0.05) is 36.1 Å². The summed E-state index contributed by atoms with van der Waals surface area (Å²) in [5.41, 5.74) is 1.37. The molecule has 32 heavy (non-hydrogen) atoms. The number of benzene rings is 1. The third-order valence-corrected chi connectivity index (χ3v) is 11.1. The van der Waals surface area contributed by atoms with Gasteiger partial charge in [-0.3, -0.25) is 4.90 Å². The van der Waals surface area contributed by atoms with Gasteiger partial charge in [-0.15, -0.1) is 0 Å². The molecule has 9 rings (SSSR count). The van der Waals surface area contributed by atoms with Crippen LogP contribution < -0.4 is 4.74 Å². The number of piperidine rings is 1. The van der Waals surface area contributed by atoms with Crippen LogP contribution in [0, 0.1) is 16.7 Å². The lowest BCUT2D eigenvalue weighted by molar-refractivity contribution is -0.268. The van der Waals surface area contributed by atoms with Crippen molar-refractivity contribution in [2.45, 2.75) is 80.6 Å². The van der Waals surface area contributed by atoms with Gasteiger partial charge in [0.2, 0.25) is 0 Å². The molecule has 7 atom stereocenters. The van der Waals surface area contributed by atoms with Crippen molar-refractivity contribution in [3.8, 4) is 11.5 Å². The average molecular weight is 436 g/mol. The number of aliphatic hydroxyl groups excluding tert-OH is 1. The normalized spacial score (nSPS) is 49.5. The summed E-state index contributed by atoms with van der Waals surface area (Å²) in [5.74, 6) is 1.81. The summed E-state index contributed by atoms with van der Waals surface area (Å²) >= 11 is 0. The zero-order valence-corrected chi connectivity index (χ0v) is 18.8. The van der Waals surface area contributed by atoms with Gasteiger partial charge in [0.1, 0.15) is 11.7 Å². The Morgan fingerprint density at radius 1 is 1.19 bits per heavy atom. The molecule has 2 N–H and O–H groups in total. The van der Waals surface area contributed by atoms with Crippen LogP contribution >= 0.6 is 0 Å². The Morgan fingerprint density at radius 2 is 2.06 bits per heavy atom. The Hall–Kier alpha value is -1.56. The molecular weight excluding hydrogens is 402 g/mol. The van der Waals surface area contributed by atoms with E-state index in [0.717, 1.165) is 51.0 Å². The van der Waals surface area contributed by atoms with Crippen molar-refractivity contribution in [3.05, 3.63) is 35.4 Å². The summed E-state index contributed by atoms with van der Waals surface area (Å²) in [5, 5.41) is 22.4. The van der Waals surface area contributed by atoms with Crippen LogP contribution in [-0.4, -0.2) is 59.2 Å². The van der Waals surface area contributed by atoms with Gasteiger partial charge in [-0.05, 0) is 69.0 Å². The number of likely N-dealkylation sites (tertiary alicyclic amines) is 1. The number of aliphatic hydroxyl groups is 1.